The van der Waals surface area contributed by atoms with Gasteiger partial charge in [-0.2, -0.15) is 0 Å². The summed E-state index contributed by atoms with van der Waals surface area (Å²) in [6.45, 7) is 5.58. The molecule has 2 unspecified atom stereocenters. The molecule has 2 bridgehead atoms. The number of carbonyl (C=O) groups is 1. The minimum absolute atomic E-state index is 0.0969. The van der Waals surface area contributed by atoms with E-state index in [-0.39, 0.29) is 6.09 Å². The molecule has 2 atom stereocenters. The molecule has 22 heavy (non-hydrogen) atoms. The van der Waals surface area contributed by atoms with Crippen LogP contribution in [0.5, 0.6) is 0 Å². The SMILES string of the molecule is CCCCOC(=O)N1C2CCC1CN(Cc1ccccc1)C2. The van der Waals surface area contributed by atoms with Crippen LogP contribution in [0.2, 0.25) is 0 Å². The summed E-state index contributed by atoms with van der Waals surface area (Å²) >= 11 is 0. The Hall–Kier alpha value is -1.55. The van der Waals surface area contributed by atoms with Crippen molar-refractivity contribution < 1.29 is 9.53 Å². The van der Waals surface area contributed by atoms with Crippen molar-refractivity contribution in [3.05, 3.63) is 35.9 Å². The van der Waals surface area contributed by atoms with Gasteiger partial charge in [0.05, 0.1) is 6.61 Å². The Balaban J connectivity index is 1.56. The van der Waals surface area contributed by atoms with Gasteiger partial charge in [-0.25, -0.2) is 4.79 Å². The van der Waals surface area contributed by atoms with Gasteiger partial charge in [0, 0.05) is 31.7 Å². The highest BCUT2D eigenvalue weighted by atomic mass is 16.6. The minimum atomic E-state index is -0.0969. The fraction of sp³-hybridized carbons (Fsp3) is 0.611. The lowest BCUT2D eigenvalue weighted by atomic mass is 10.1. The Kier molecular flexibility index (Phi) is 4.98. The molecule has 4 nitrogen and oxygen atoms in total. The van der Waals surface area contributed by atoms with E-state index >= 15 is 0 Å². The molecular formula is C18H26N2O2. The summed E-state index contributed by atoms with van der Waals surface area (Å²) in [5.41, 5.74) is 1.35. The van der Waals surface area contributed by atoms with E-state index in [4.69, 9.17) is 4.74 Å². The van der Waals surface area contributed by atoms with Crippen LogP contribution in [-0.2, 0) is 11.3 Å². The third-order valence-corrected chi connectivity index (χ3v) is 4.74. The van der Waals surface area contributed by atoms with E-state index in [9.17, 15) is 4.79 Å². The van der Waals surface area contributed by atoms with Gasteiger partial charge in [0.1, 0.15) is 0 Å². The molecule has 1 aromatic rings. The molecule has 0 aliphatic carbocycles. The van der Waals surface area contributed by atoms with Crippen molar-refractivity contribution in [2.45, 2.75) is 51.2 Å². The largest absolute Gasteiger partial charge is 0.449 e. The third kappa shape index (κ3) is 3.43. The Labute approximate surface area is 133 Å². The molecule has 1 amide bonds. The second-order valence-electron chi connectivity index (χ2n) is 6.44. The standard InChI is InChI=1S/C18H26N2O2/c1-2-3-11-22-18(21)20-16-9-10-17(20)14-19(13-16)12-15-7-5-4-6-8-15/h4-8,16-17H,2-3,9-14H2,1H3. The third-order valence-electron chi connectivity index (χ3n) is 4.74. The van der Waals surface area contributed by atoms with Crippen LogP contribution in [0.1, 0.15) is 38.2 Å². The lowest BCUT2D eigenvalue weighted by Gasteiger charge is -2.40. The van der Waals surface area contributed by atoms with Crippen LogP contribution < -0.4 is 0 Å². The zero-order chi connectivity index (χ0) is 15.4. The number of piperazine rings is 1. The Morgan fingerprint density at radius 1 is 1.18 bits per heavy atom. The number of ether oxygens (including phenoxy) is 1. The fourth-order valence-corrected chi connectivity index (χ4v) is 3.64. The van der Waals surface area contributed by atoms with Crippen molar-refractivity contribution in [1.82, 2.24) is 9.80 Å². The molecule has 2 aliphatic heterocycles. The molecular weight excluding hydrogens is 276 g/mol. The minimum Gasteiger partial charge on any atom is -0.449 e. The van der Waals surface area contributed by atoms with E-state index in [1.165, 1.54) is 5.56 Å². The first kappa shape index (κ1) is 15.3. The molecule has 0 aromatic heterocycles. The first-order chi connectivity index (χ1) is 10.8. The normalized spacial score (nSPS) is 24.5. The fourth-order valence-electron chi connectivity index (χ4n) is 3.64. The lowest BCUT2D eigenvalue weighted by molar-refractivity contribution is 0.0389. The first-order valence-corrected chi connectivity index (χ1v) is 8.49. The van der Waals surface area contributed by atoms with Crippen molar-refractivity contribution in [1.29, 1.82) is 0 Å². The Morgan fingerprint density at radius 2 is 1.86 bits per heavy atom. The van der Waals surface area contributed by atoms with Crippen molar-refractivity contribution >= 4 is 6.09 Å². The molecule has 2 heterocycles. The number of unbranched alkanes of at least 4 members (excludes halogenated alkanes) is 1. The summed E-state index contributed by atoms with van der Waals surface area (Å²) < 4.78 is 5.42. The van der Waals surface area contributed by atoms with Crippen molar-refractivity contribution in [2.75, 3.05) is 19.7 Å². The van der Waals surface area contributed by atoms with E-state index < -0.39 is 0 Å². The summed E-state index contributed by atoms with van der Waals surface area (Å²) in [5.74, 6) is 0. The number of likely N-dealkylation sites (tertiary alicyclic amines) is 1. The molecule has 2 saturated heterocycles. The van der Waals surface area contributed by atoms with Crippen LogP contribution in [-0.4, -0.2) is 47.7 Å². The topological polar surface area (TPSA) is 32.8 Å². The van der Waals surface area contributed by atoms with Gasteiger partial charge in [0.15, 0.2) is 0 Å². The van der Waals surface area contributed by atoms with Gasteiger partial charge in [-0.05, 0) is 24.8 Å². The van der Waals surface area contributed by atoms with E-state index in [0.29, 0.717) is 18.7 Å². The average Bonchev–Trinajstić information content (AvgIpc) is 2.80. The summed E-state index contributed by atoms with van der Waals surface area (Å²) in [6, 6.07) is 11.2. The van der Waals surface area contributed by atoms with Gasteiger partial charge in [-0.1, -0.05) is 43.7 Å². The van der Waals surface area contributed by atoms with Gasteiger partial charge < -0.3 is 4.74 Å². The van der Waals surface area contributed by atoms with Gasteiger partial charge in [0.25, 0.3) is 0 Å². The first-order valence-electron chi connectivity index (χ1n) is 8.49. The van der Waals surface area contributed by atoms with Gasteiger partial charge in [-0.15, -0.1) is 0 Å². The quantitative estimate of drug-likeness (QED) is 0.783. The molecule has 3 rings (SSSR count). The summed E-state index contributed by atoms with van der Waals surface area (Å²) in [6.07, 6.45) is 4.14. The molecule has 0 spiro atoms. The lowest BCUT2D eigenvalue weighted by Crippen LogP contribution is -2.55. The highest BCUT2D eigenvalue weighted by Gasteiger charge is 2.43. The molecule has 1 aromatic carbocycles. The number of rotatable bonds is 5. The average molecular weight is 302 g/mol. The molecule has 120 valence electrons. The second kappa shape index (κ2) is 7.14. The number of amides is 1. The number of nitrogens with zero attached hydrogens (tertiary/aromatic N) is 2. The maximum atomic E-state index is 12.3. The Morgan fingerprint density at radius 3 is 2.50 bits per heavy atom. The zero-order valence-corrected chi connectivity index (χ0v) is 13.4. The highest BCUT2D eigenvalue weighted by molar-refractivity contribution is 5.69. The summed E-state index contributed by atoms with van der Waals surface area (Å²) in [7, 11) is 0. The van der Waals surface area contributed by atoms with Crippen LogP contribution in [0.4, 0.5) is 4.79 Å². The van der Waals surface area contributed by atoms with Gasteiger partial charge >= 0.3 is 6.09 Å². The van der Waals surface area contributed by atoms with Crippen molar-refractivity contribution in [3.63, 3.8) is 0 Å². The van der Waals surface area contributed by atoms with E-state index in [0.717, 1.165) is 45.3 Å². The molecule has 0 radical (unpaired) electrons. The number of benzene rings is 1. The van der Waals surface area contributed by atoms with E-state index in [1.807, 2.05) is 4.90 Å². The zero-order valence-electron chi connectivity index (χ0n) is 13.4. The smallest absolute Gasteiger partial charge is 0.410 e. The maximum absolute atomic E-state index is 12.3. The van der Waals surface area contributed by atoms with Crippen LogP contribution in [0.3, 0.4) is 0 Å². The second-order valence-corrected chi connectivity index (χ2v) is 6.44. The molecule has 0 N–H and O–H groups in total. The van der Waals surface area contributed by atoms with Crippen LogP contribution in [0, 0.1) is 0 Å². The highest BCUT2D eigenvalue weighted by Crippen LogP contribution is 2.31. The maximum Gasteiger partial charge on any atom is 0.410 e. The van der Waals surface area contributed by atoms with E-state index in [2.05, 4.69) is 42.2 Å². The van der Waals surface area contributed by atoms with Gasteiger partial charge in [-0.3, -0.25) is 9.80 Å². The molecule has 2 aliphatic rings. The number of hydrogen-bond acceptors (Lipinski definition) is 3. The number of fused-ring (bicyclic) bond motifs is 2. The van der Waals surface area contributed by atoms with Crippen LogP contribution in [0.25, 0.3) is 0 Å². The predicted molar refractivity (Wildman–Crippen MR) is 86.6 cm³/mol. The summed E-state index contributed by atoms with van der Waals surface area (Å²) in [5, 5.41) is 0. The summed E-state index contributed by atoms with van der Waals surface area (Å²) in [4.78, 5) is 16.8. The monoisotopic (exact) mass is 302 g/mol. The molecule has 4 heteroatoms. The van der Waals surface area contributed by atoms with E-state index in [1.54, 1.807) is 0 Å². The number of carbonyl (C=O) groups excluding carboxylic acids is 1. The van der Waals surface area contributed by atoms with Gasteiger partial charge in [0.2, 0.25) is 0 Å². The predicted octanol–water partition coefficient (Wildman–Crippen LogP) is 3.27. The molecule has 2 fully saturated rings. The number of hydrogen-bond donors (Lipinski definition) is 0. The molecule has 0 saturated carbocycles. The van der Waals surface area contributed by atoms with Crippen LogP contribution in [0.15, 0.2) is 30.3 Å². The van der Waals surface area contributed by atoms with Crippen LogP contribution >= 0.6 is 0 Å². The Bertz CT molecular complexity index is 477. The van der Waals surface area contributed by atoms with Crippen molar-refractivity contribution in [3.8, 4) is 0 Å². The van der Waals surface area contributed by atoms with Crippen molar-refractivity contribution in [2.24, 2.45) is 0 Å².